The summed E-state index contributed by atoms with van der Waals surface area (Å²) in [4.78, 5) is 20.7. The lowest BCUT2D eigenvalue weighted by Crippen LogP contribution is -2.12. The first-order chi connectivity index (χ1) is 15.5. The fourth-order valence-electron chi connectivity index (χ4n) is 3.63. The second kappa shape index (κ2) is 8.12. The molecule has 0 atom stereocenters. The van der Waals surface area contributed by atoms with Crippen LogP contribution in [0.3, 0.4) is 0 Å². The van der Waals surface area contributed by atoms with Gasteiger partial charge in [0.15, 0.2) is 0 Å². The Morgan fingerprint density at radius 3 is 2.81 bits per heavy atom. The van der Waals surface area contributed by atoms with E-state index in [0.717, 1.165) is 5.56 Å². The Labute approximate surface area is 189 Å². The molecule has 0 bridgehead atoms. The number of hydrogen-bond donors (Lipinski definition) is 1. The quantitative estimate of drug-likeness (QED) is 0.435. The fraction of sp³-hybridized carbons (Fsp3) is 0.0909. The average Bonchev–Trinajstić information content (AvgIpc) is 3.38. The van der Waals surface area contributed by atoms with Crippen molar-refractivity contribution < 1.29 is 18.3 Å². The molecule has 0 fully saturated rings. The minimum atomic E-state index is -2.95. The highest BCUT2D eigenvalue weighted by atomic mass is 79.9. The summed E-state index contributed by atoms with van der Waals surface area (Å²) >= 11 is 3.35. The van der Waals surface area contributed by atoms with Crippen LogP contribution in [0.1, 0.15) is 15.9 Å². The third-order valence-electron chi connectivity index (χ3n) is 4.96. The Hall–Kier alpha value is -3.66. The second-order valence-electron chi connectivity index (χ2n) is 6.96. The number of amides is 1. The van der Waals surface area contributed by atoms with Crippen molar-refractivity contribution in [3.63, 3.8) is 0 Å². The molecule has 0 radical (unpaired) electrons. The highest BCUT2D eigenvalue weighted by Crippen LogP contribution is 2.34. The van der Waals surface area contributed by atoms with Crippen LogP contribution in [-0.2, 0) is 6.54 Å². The molecule has 10 heteroatoms. The number of pyridine rings is 2. The molecule has 1 aromatic carbocycles. The molecule has 1 amide bonds. The number of benzene rings is 1. The molecule has 0 saturated carbocycles. The number of rotatable bonds is 5. The highest BCUT2D eigenvalue weighted by molar-refractivity contribution is 9.10. The number of nitrogens with zero attached hydrogens (tertiary/aromatic N) is 4. The monoisotopic (exact) mass is 497 g/mol. The summed E-state index contributed by atoms with van der Waals surface area (Å²) in [6.07, 6.45) is 4.85. The molecule has 1 aliphatic rings. The number of ether oxygens (including phenoxy) is 1. The molecule has 4 heterocycles. The van der Waals surface area contributed by atoms with Crippen molar-refractivity contribution in [1.29, 1.82) is 0 Å². The Balaban J connectivity index is 1.70. The Bertz CT molecular complexity index is 1330. The number of fused-ring (bicyclic) bond motifs is 1. The summed E-state index contributed by atoms with van der Waals surface area (Å²) in [6.45, 7) is -2.59. The average molecular weight is 498 g/mol. The molecule has 5 rings (SSSR count). The minimum absolute atomic E-state index is 0.0124. The van der Waals surface area contributed by atoms with E-state index in [4.69, 9.17) is 5.10 Å². The Morgan fingerprint density at radius 1 is 1.16 bits per heavy atom. The zero-order valence-electron chi connectivity index (χ0n) is 16.3. The summed E-state index contributed by atoms with van der Waals surface area (Å²) in [5, 5.41) is 7.52. The fourth-order valence-corrected chi connectivity index (χ4v) is 4.10. The van der Waals surface area contributed by atoms with Gasteiger partial charge >= 0.3 is 6.61 Å². The predicted molar refractivity (Wildman–Crippen MR) is 116 cm³/mol. The summed E-state index contributed by atoms with van der Waals surface area (Å²) < 4.78 is 32.4. The number of halogens is 3. The van der Waals surface area contributed by atoms with Crippen LogP contribution in [0.15, 0.2) is 65.5 Å². The highest BCUT2D eigenvalue weighted by Gasteiger charge is 2.25. The second-order valence-corrected chi connectivity index (χ2v) is 7.88. The molecular formula is C22H14BrF2N5O2. The van der Waals surface area contributed by atoms with Crippen molar-refractivity contribution in [2.24, 2.45) is 0 Å². The normalized spacial score (nSPS) is 12.7. The number of hydrogen-bond acceptors (Lipinski definition) is 5. The summed E-state index contributed by atoms with van der Waals surface area (Å²) in [6, 6.07) is 11.8. The molecule has 1 aliphatic heterocycles. The van der Waals surface area contributed by atoms with E-state index in [1.54, 1.807) is 47.5 Å². The number of carbonyl (C=O) groups is 1. The van der Waals surface area contributed by atoms with Gasteiger partial charge in [0.25, 0.3) is 5.91 Å². The molecule has 160 valence electrons. The topological polar surface area (TPSA) is 81.9 Å². The molecule has 0 unspecified atom stereocenters. The first-order valence-electron chi connectivity index (χ1n) is 9.52. The van der Waals surface area contributed by atoms with E-state index >= 15 is 0 Å². The smallest absolute Gasteiger partial charge is 0.387 e. The van der Waals surface area contributed by atoms with Crippen LogP contribution in [0, 0.1) is 0 Å². The van der Waals surface area contributed by atoms with Crippen LogP contribution in [0.5, 0.6) is 5.75 Å². The van der Waals surface area contributed by atoms with E-state index in [9.17, 15) is 13.6 Å². The van der Waals surface area contributed by atoms with Crippen molar-refractivity contribution in [2.45, 2.75) is 13.2 Å². The number of alkyl halides is 2. The molecule has 32 heavy (non-hydrogen) atoms. The van der Waals surface area contributed by atoms with E-state index in [-0.39, 0.29) is 11.7 Å². The van der Waals surface area contributed by atoms with Crippen LogP contribution < -0.4 is 10.1 Å². The van der Waals surface area contributed by atoms with Gasteiger partial charge < -0.3 is 10.1 Å². The number of carbonyl (C=O) groups excluding carboxylic acids is 1. The van der Waals surface area contributed by atoms with Gasteiger partial charge in [0.05, 0.1) is 23.3 Å². The Kier molecular flexibility index (Phi) is 5.14. The van der Waals surface area contributed by atoms with Crippen molar-refractivity contribution >= 4 is 21.8 Å². The summed E-state index contributed by atoms with van der Waals surface area (Å²) in [7, 11) is 0. The molecule has 0 spiro atoms. The minimum Gasteiger partial charge on any atom is -0.435 e. The van der Waals surface area contributed by atoms with Crippen molar-refractivity contribution in [3.05, 3.63) is 76.7 Å². The third kappa shape index (κ3) is 3.73. The van der Waals surface area contributed by atoms with Gasteiger partial charge in [0, 0.05) is 40.1 Å². The molecule has 3 aromatic heterocycles. The van der Waals surface area contributed by atoms with Crippen LogP contribution in [0.4, 0.5) is 8.78 Å². The van der Waals surface area contributed by atoms with Gasteiger partial charge in [-0.1, -0.05) is 15.9 Å². The zero-order valence-corrected chi connectivity index (χ0v) is 17.9. The van der Waals surface area contributed by atoms with Crippen LogP contribution in [0.2, 0.25) is 0 Å². The summed E-state index contributed by atoms with van der Waals surface area (Å²) in [5.41, 5.74) is 4.31. The van der Waals surface area contributed by atoms with Crippen molar-refractivity contribution in [3.8, 4) is 34.1 Å². The molecule has 1 N–H and O–H groups in total. The maximum atomic E-state index is 12.8. The molecule has 0 saturated heterocycles. The van der Waals surface area contributed by atoms with E-state index in [1.807, 2.05) is 6.07 Å². The Morgan fingerprint density at radius 2 is 2.03 bits per heavy atom. The van der Waals surface area contributed by atoms with Crippen LogP contribution >= 0.6 is 15.9 Å². The lowest BCUT2D eigenvalue weighted by atomic mass is 10.1. The van der Waals surface area contributed by atoms with Gasteiger partial charge in [-0.3, -0.25) is 14.8 Å². The van der Waals surface area contributed by atoms with Gasteiger partial charge in [-0.2, -0.15) is 13.9 Å². The maximum absolute atomic E-state index is 12.8. The van der Waals surface area contributed by atoms with Crippen LogP contribution in [-0.4, -0.2) is 32.3 Å². The number of aromatic nitrogens is 4. The maximum Gasteiger partial charge on any atom is 0.387 e. The van der Waals surface area contributed by atoms with E-state index < -0.39 is 6.61 Å². The van der Waals surface area contributed by atoms with E-state index in [1.165, 1.54) is 12.1 Å². The lowest BCUT2D eigenvalue weighted by Gasteiger charge is -2.10. The molecule has 0 aliphatic carbocycles. The van der Waals surface area contributed by atoms with Crippen molar-refractivity contribution in [1.82, 2.24) is 25.1 Å². The standard InChI is InChI=1S/C22H14BrF2N5O2/c23-13-6-12(7-15(8-13)32-22(24)25)19-9-18(29-30(19)14-2-1-4-26-10-14)20-17-11-28-21(31)16(17)3-5-27-20/h1-10,22H,11H2,(H,28,31). The zero-order chi connectivity index (χ0) is 22.2. The van der Waals surface area contributed by atoms with E-state index in [0.29, 0.717) is 44.9 Å². The van der Waals surface area contributed by atoms with Gasteiger partial charge in [-0.15, -0.1) is 0 Å². The third-order valence-corrected chi connectivity index (χ3v) is 5.42. The first kappa shape index (κ1) is 20.3. The van der Waals surface area contributed by atoms with Gasteiger partial charge in [-0.05, 0) is 42.5 Å². The van der Waals surface area contributed by atoms with E-state index in [2.05, 4.69) is 36.0 Å². The van der Waals surface area contributed by atoms with Gasteiger partial charge in [0.2, 0.25) is 0 Å². The largest absolute Gasteiger partial charge is 0.435 e. The number of nitrogens with one attached hydrogen (secondary N) is 1. The van der Waals surface area contributed by atoms with Gasteiger partial charge in [0.1, 0.15) is 11.4 Å². The molecule has 7 nitrogen and oxygen atoms in total. The summed E-state index contributed by atoms with van der Waals surface area (Å²) in [5.74, 6) is -0.144. The van der Waals surface area contributed by atoms with Crippen molar-refractivity contribution in [2.75, 3.05) is 0 Å². The van der Waals surface area contributed by atoms with Crippen LogP contribution in [0.25, 0.3) is 28.3 Å². The first-order valence-corrected chi connectivity index (χ1v) is 10.3. The SMILES string of the molecule is O=C1NCc2c1ccnc2-c1cc(-c2cc(Br)cc(OC(F)F)c2)n(-c2cccnc2)n1. The molecule has 4 aromatic rings. The lowest BCUT2D eigenvalue weighted by molar-refractivity contribution is -0.0498. The molecular weight excluding hydrogens is 484 g/mol. The van der Waals surface area contributed by atoms with Gasteiger partial charge in [-0.25, -0.2) is 4.68 Å². The predicted octanol–water partition coefficient (Wildman–Crippen LogP) is 4.60.